The summed E-state index contributed by atoms with van der Waals surface area (Å²) >= 11 is 1.55. The molecule has 31 heavy (non-hydrogen) atoms. The van der Waals surface area contributed by atoms with E-state index in [-0.39, 0.29) is 24.4 Å². The van der Waals surface area contributed by atoms with Crippen molar-refractivity contribution in [3.05, 3.63) is 45.9 Å². The minimum Gasteiger partial charge on any atom is -0.487 e. The maximum absolute atomic E-state index is 12.4. The van der Waals surface area contributed by atoms with Crippen molar-refractivity contribution >= 4 is 29.2 Å². The summed E-state index contributed by atoms with van der Waals surface area (Å²) in [4.78, 5) is 42.5. The van der Waals surface area contributed by atoms with Crippen molar-refractivity contribution in [3.8, 4) is 5.75 Å². The third-order valence-electron chi connectivity index (χ3n) is 4.92. The van der Waals surface area contributed by atoms with Crippen molar-refractivity contribution in [1.82, 2.24) is 9.88 Å². The summed E-state index contributed by atoms with van der Waals surface area (Å²) < 4.78 is 15.9. The van der Waals surface area contributed by atoms with Gasteiger partial charge in [0.1, 0.15) is 12.4 Å². The van der Waals surface area contributed by atoms with Crippen LogP contribution in [0, 0.1) is 12.8 Å². The molecule has 0 atom stereocenters. The molecular weight excluding hydrogens is 420 g/mol. The second-order valence-corrected chi connectivity index (χ2v) is 8.22. The van der Waals surface area contributed by atoms with Crippen LogP contribution in [0.25, 0.3) is 0 Å². The van der Waals surface area contributed by atoms with Crippen LogP contribution in [0.5, 0.6) is 5.75 Å². The van der Waals surface area contributed by atoms with Crippen molar-refractivity contribution in [2.75, 3.05) is 26.3 Å². The molecule has 2 heterocycles. The molecule has 1 fully saturated rings. The number of thiazole rings is 1. The van der Waals surface area contributed by atoms with Crippen molar-refractivity contribution in [1.29, 1.82) is 0 Å². The minimum absolute atomic E-state index is 0.178. The van der Waals surface area contributed by atoms with Gasteiger partial charge >= 0.3 is 11.9 Å². The highest BCUT2D eigenvalue weighted by Crippen LogP contribution is 2.20. The Morgan fingerprint density at radius 3 is 2.65 bits per heavy atom. The maximum atomic E-state index is 12.4. The van der Waals surface area contributed by atoms with E-state index in [4.69, 9.17) is 14.2 Å². The zero-order valence-corrected chi connectivity index (χ0v) is 18.5. The first-order valence-electron chi connectivity index (χ1n) is 10.2. The van der Waals surface area contributed by atoms with E-state index in [0.29, 0.717) is 50.5 Å². The molecule has 0 unspecified atom stereocenters. The number of nitrogens with zero attached hydrogens (tertiary/aromatic N) is 2. The number of benzene rings is 1. The molecule has 0 saturated carbocycles. The highest BCUT2D eigenvalue weighted by molar-refractivity contribution is 7.09. The lowest BCUT2D eigenvalue weighted by Gasteiger charge is -2.30. The highest BCUT2D eigenvalue weighted by Gasteiger charge is 2.28. The van der Waals surface area contributed by atoms with Gasteiger partial charge in [-0.25, -0.2) is 9.78 Å². The fourth-order valence-corrected chi connectivity index (χ4v) is 3.87. The van der Waals surface area contributed by atoms with E-state index in [1.165, 1.54) is 0 Å². The molecule has 1 aliphatic rings. The Morgan fingerprint density at radius 2 is 1.97 bits per heavy atom. The van der Waals surface area contributed by atoms with Gasteiger partial charge in [-0.15, -0.1) is 11.3 Å². The molecule has 0 N–H and O–H groups in total. The molecule has 0 spiro atoms. The third-order valence-corrected chi connectivity index (χ3v) is 5.74. The Morgan fingerprint density at radius 1 is 1.19 bits per heavy atom. The van der Waals surface area contributed by atoms with Crippen LogP contribution in [-0.4, -0.2) is 54.0 Å². The van der Waals surface area contributed by atoms with Gasteiger partial charge in [0, 0.05) is 18.5 Å². The lowest BCUT2D eigenvalue weighted by molar-refractivity contribution is -0.151. The predicted octanol–water partition coefficient (Wildman–Crippen LogP) is 2.99. The van der Waals surface area contributed by atoms with E-state index in [9.17, 15) is 14.4 Å². The minimum atomic E-state index is -0.593. The Balaban J connectivity index is 1.45. The lowest BCUT2D eigenvalue weighted by Crippen LogP contribution is -2.42. The van der Waals surface area contributed by atoms with Crippen molar-refractivity contribution in [2.24, 2.45) is 5.92 Å². The van der Waals surface area contributed by atoms with E-state index in [2.05, 4.69) is 4.98 Å². The molecule has 0 radical (unpaired) electrons. The molecule has 8 nitrogen and oxygen atoms in total. The number of hydrogen-bond donors (Lipinski definition) is 0. The summed E-state index contributed by atoms with van der Waals surface area (Å²) in [6.07, 6.45) is 1.10. The molecule has 1 aromatic carbocycles. The number of rotatable bonds is 8. The quantitative estimate of drug-likeness (QED) is 0.575. The number of hydrogen-bond acceptors (Lipinski definition) is 8. The fraction of sp³-hybridized carbons (Fsp3) is 0.455. The van der Waals surface area contributed by atoms with Crippen LogP contribution in [0.2, 0.25) is 0 Å². The first kappa shape index (κ1) is 22.7. The SMILES string of the molecule is CCOC(=O)C1CCN(C(=O)COC(=O)c2cccc(OCc3csc(C)n3)c2)CC1. The average Bonchev–Trinajstić information content (AvgIpc) is 3.21. The Bertz CT molecular complexity index is 920. The smallest absolute Gasteiger partial charge is 0.338 e. The number of carbonyl (C=O) groups is 3. The standard InChI is InChI=1S/C22H26N2O6S/c1-3-28-21(26)16-7-9-24(10-8-16)20(25)13-30-22(27)17-5-4-6-19(11-17)29-12-18-14-31-15(2)23-18/h4-6,11,14,16H,3,7-10,12-13H2,1-2H3. The first-order valence-corrected chi connectivity index (χ1v) is 11.1. The molecule has 166 valence electrons. The maximum Gasteiger partial charge on any atom is 0.338 e. The summed E-state index contributed by atoms with van der Waals surface area (Å²) in [5.74, 6) is -0.741. The molecule has 3 rings (SSSR count). The van der Waals surface area contributed by atoms with Crippen LogP contribution in [0.1, 0.15) is 40.8 Å². The first-order chi connectivity index (χ1) is 15.0. The van der Waals surface area contributed by atoms with E-state index in [1.54, 1.807) is 47.4 Å². The van der Waals surface area contributed by atoms with E-state index in [0.717, 1.165) is 10.7 Å². The Hall–Kier alpha value is -2.94. The largest absolute Gasteiger partial charge is 0.487 e. The van der Waals surface area contributed by atoms with E-state index >= 15 is 0 Å². The topological polar surface area (TPSA) is 95.0 Å². The lowest BCUT2D eigenvalue weighted by atomic mass is 9.97. The molecule has 1 aliphatic heterocycles. The summed E-state index contributed by atoms with van der Waals surface area (Å²) in [6, 6.07) is 6.63. The molecule has 1 saturated heterocycles. The van der Waals surface area contributed by atoms with Crippen LogP contribution in [-0.2, 0) is 25.7 Å². The van der Waals surface area contributed by atoms with Gasteiger partial charge < -0.3 is 19.1 Å². The molecule has 9 heteroatoms. The van der Waals surface area contributed by atoms with Crippen molar-refractivity contribution in [2.45, 2.75) is 33.3 Å². The second kappa shape index (κ2) is 10.9. The van der Waals surface area contributed by atoms with Crippen LogP contribution >= 0.6 is 11.3 Å². The number of esters is 2. The molecule has 0 aliphatic carbocycles. The van der Waals surface area contributed by atoms with Crippen LogP contribution in [0.3, 0.4) is 0 Å². The van der Waals surface area contributed by atoms with Gasteiger partial charge in [0.25, 0.3) is 5.91 Å². The van der Waals surface area contributed by atoms with Gasteiger partial charge in [-0.05, 0) is 44.9 Å². The highest BCUT2D eigenvalue weighted by atomic mass is 32.1. The van der Waals surface area contributed by atoms with Crippen LogP contribution < -0.4 is 4.74 Å². The third kappa shape index (κ3) is 6.52. The summed E-state index contributed by atoms with van der Waals surface area (Å²) in [7, 11) is 0. The zero-order chi connectivity index (χ0) is 22.2. The van der Waals surface area contributed by atoms with Gasteiger partial charge in [0.05, 0.1) is 28.8 Å². The summed E-state index contributed by atoms with van der Waals surface area (Å²) in [6.45, 7) is 4.90. The van der Waals surface area contributed by atoms with Gasteiger partial charge in [0.2, 0.25) is 0 Å². The normalized spacial score (nSPS) is 14.2. The van der Waals surface area contributed by atoms with Gasteiger partial charge in [-0.2, -0.15) is 0 Å². The summed E-state index contributed by atoms with van der Waals surface area (Å²) in [5.41, 5.74) is 1.13. The number of carbonyl (C=O) groups excluding carboxylic acids is 3. The van der Waals surface area contributed by atoms with Crippen LogP contribution in [0.4, 0.5) is 0 Å². The second-order valence-electron chi connectivity index (χ2n) is 7.16. The Labute approximate surface area is 185 Å². The molecule has 2 aromatic rings. The Kier molecular flexibility index (Phi) is 8.00. The van der Waals surface area contributed by atoms with E-state index in [1.807, 2.05) is 12.3 Å². The summed E-state index contributed by atoms with van der Waals surface area (Å²) in [5, 5.41) is 2.89. The van der Waals surface area contributed by atoms with Crippen molar-refractivity contribution < 1.29 is 28.6 Å². The van der Waals surface area contributed by atoms with Crippen LogP contribution in [0.15, 0.2) is 29.6 Å². The molecule has 0 bridgehead atoms. The number of aromatic nitrogens is 1. The number of amides is 1. The van der Waals surface area contributed by atoms with Gasteiger partial charge in [0.15, 0.2) is 6.61 Å². The fourth-order valence-electron chi connectivity index (χ4n) is 3.27. The van der Waals surface area contributed by atoms with Crippen molar-refractivity contribution in [3.63, 3.8) is 0 Å². The number of ether oxygens (including phenoxy) is 3. The molecule has 1 aromatic heterocycles. The number of piperidine rings is 1. The van der Waals surface area contributed by atoms with Gasteiger partial charge in [-0.3, -0.25) is 9.59 Å². The zero-order valence-electron chi connectivity index (χ0n) is 17.7. The average molecular weight is 447 g/mol. The monoisotopic (exact) mass is 446 g/mol. The van der Waals surface area contributed by atoms with E-state index < -0.39 is 5.97 Å². The molecule has 1 amide bonds. The number of likely N-dealkylation sites (tertiary alicyclic amines) is 1. The predicted molar refractivity (Wildman–Crippen MR) is 114 cm³/mol. The number of aryl methyl sites for hydroxylation is 1. The van der Waals surface area contributed by atoms with Gasteiger partial charge in [-0.1, -0.05) is 6.07 Å². The molecular formula is C22H26N2O6S.